The highest BCUT2D eigenvalue weighted by Crippen LogP contribution is 2.40. The van der Waals surface area contributed by atoms with Crippen LogP contribution in [0.1, 0.15) is 30.3 Å². The summed E-state index contributed by atoms with van der Waals surface area (Å²) in [4.78, 5) is 37.1. The number of fused-ring (bicyclic) bond motifs is 1. The van der Waals surface area contributed by atoms with E-state index in [1.165, 1.54) is 28.4 Å². The number of carbonyl (C=O) groups excluding carboxylic acids is 2. The molecule has 0 saturated carbocycles. The molecule has 1 aromatic rings. The molecule has 2 aliphatic rings. The Morgan fingerprint density at radius 1 is 1.52 bits per heavy atom. The first-order valence-corrected chi connectivity index (χ1v) is 10.5. The molecule has 0 radical (unpaired) electrons. The fraction of sp³-hybridized carbons (Fsp3) is 0.533. The second-order valence-electron chi connectivity index (χ2n) is 6.08. The Bertz CT molecular complexity index is 795. The smallest absolute Gasteiger partial charge is 0.352 e. The molecule has 5 N–H and O–H groups in total. The topological polar surface area (TPSA) is 154 Å². The number of nitrogens with two attached hydrogens (primary N) is 1. The Hall–Kier alpha value is -2.05. The van der Waals surface area contributed by atoms with Gasteiger partial charge in [0, 0.05) is 18.1 Å². The number of carbonyl (C=O) groups is 3. The molecule has 10 nitrogen and oxygen atoms in total. The van der Waals surface area contributed by atoms with E-state index in [2.05, 4.69) is 20.7 Å². The van der Waals surface area contributed by atoms with Gasteiger partial charge in [-0.25, -0.2) is 4.79 Å². The highest BCUT2D eigenvalue weighted by molar-refractivity contribution is 8.01. The second kappa shape index (κ2) is 8.31. The highest BCUT2D eigenvalue weighted by Gasteiger charge is 2.51. The van der Waals surface area contributed by atoms with Gasteiger partial charge in [-0.15, -0.1) is 16.9 Å². The van der Waals surface area contributed by atoms with Crippen molar-refractivity contribution in [2.75, 3.05) is 18.1 Å². The van der Waals surface area contributed by atoms with Crippen LogP contribution < -0.4 is 11.1 Å². The predicted octanol–water partition coefficient (Wildman–Crippen LogP) is 0.00780. The lowest BCUT2D eigenvalue weighted by molar-refractivity contribution is -0.147. The number of hydrogen-bond acceptors (Lipinski definition) is 8. The standard InChI is InChI=1S/C15H20N6O4S2/c1-2-3-4-17-11(22)9-12(19-20-18-9)26-5-7-6-27-14-8(16)13(23)21(14)10(7)15(24)25/h8,14H,2-6,16H2,1H3,(H,17,22)(H,24,25)(H,18,19,20)/t8?,14-/m0/s1. The van der Waals surface area contributed by atoms with Crippen molar-refractivity contribution in [3.05, 3.63) is 17.0 Å². The van der Waals surface area contributed by atoms with Crippen molar-refractivity contribution in [1.29, 1.82) is 0 Å². The van der Waals surface area contributed by atoms with Crippen molar-refractivity contribution in [3.8, 4) is 0 Å². The fourth-order valence-corrected chi connectivity index (χ4v) is 5.14. The van der Waals surface area contributed by atoms with E-state index >= 15 is 0 Å². The molecule has 146 valence electrons. The summed E-state index contributed by atoms with van der Waals surface area (Å²) in [5.74, 6) is -1.12. The number of H-pyrrole nitrogens is 1. The number of thioether (sulfide) groups is 2. The first-order chi connectivity index (χ1) is 13.0. The van der Waals surface area contributed by atoms with Crippen LogP contribution in [0.15, 0.2) is 16.3 Å². The minimum Gasteiger partial charge on any atom is -0.477 e. The summed E-state index contributed by atoms with van der Waals surface area (Å²) in [5, 5.41) is 22.6. The molecule has 2 amide bonds. The van der Waals surface area contributed by atoms with Gasteiger partial charge in [-0.3, -0.25) is 19.6 Å². The quantitative estimate of drug-likeness (QED) is 0.262. The number of β-lactam (4-membered cyclic amide) rings is 1. The average molecular weight is 412 g/mol. The zero-order valence-electron chi connectivity index (χ0n) is 14.6. The minimum atomic E-state index is -1.16. The number of carboxylic acids is 1. The normalized spacial score (nSPS) is 21.7. The lowest BCUT2D eigenvalue weighted by atomic mass is 10.0. The third kappa shape index (κ3) is 3.82. The van der Waals surface area contributed by atoms with Crippen molar-refractivity contribution in [1.82, 2.24) is 25.6 Å². The van der Waals surface area contributed by atoms with Crippen LogP contribution in [-0.4, -0.2) is 72.7 Å². The molecular formula is C15H20N6O4S2. The van der Waals surface area contributed by atoms with Gasteiger partial charge in [0.2, 0.25) is 5.91 Å². The van der Waals surface area contributed by atoms with Crippen LogP contribution in [-0.2, 0) is 9.59 Å². The van der Waals surface area contributed by atoms with Crippen molar-refractivity contribution in [2.24, 2.45) is 5.73 Å². The van der Waals surface area contributed by atoms with Crippen molar-refractivity contribution in [2.45, 2.75) is 36.2 Å². The lowest BCUT2D eigenvalue weighted by Crippen LogP contribution is -2.68. The summed E-state index contributed by atoms with van der Waals surface area (Å²) in [6.07, 6.45) is 1.83. The molecule has 12 heteroatoms. The van der Waals surface area contributed by atoms with Gasteiger partial charge >= 0.3 is 5.97 Å². The Morgan fingerprint density at radius 2 is 2.30 bits per heavy atom. The first kappa shape index (κ1) is 19.7. The molecule has 0 bridgehead atoms. The largest absolute Gasteiger partial charge is 0.477 e. The SMILES string of the molecule is CCCCNC(=O)c1nn[nH]c1SCC1=C(C(=O)O)N2C(=O)C(N)[C@@H]2SC1. The number of hydrogen-bond donors (Lipinski definition) is 4. The van der Waals surface area contributed by atoms with Gasteiger partial charge in [0.05, 0.1) is 0 Å². The lowest BCUT2D eigenvalue weighted by Gasteiger charge is -2.48. The maximum atomic E-state index is 12.2. The van der Waals surface area contributed by atoms with E-state index in [9.17, 15) is 19.5 Å². The summed E-state index contributed by atoms with van der Waals surface area (Å²) < 4.78 is 0. The number of aromatic nitrogens is 3. The van der Waals surface area contributed by atoms with Gasteiger partial charge in [-0.2, -0.15) is 0 Å². The van der Waals surface area contributed by atoms with E-state index in [0.717, 1.165) is 12.8 Å². The van der Waals surface area contributed by atoms with E-state index in [1.54, 1.807) is 0 Å². The minimum absolute atomic E-state index is 0.0145. The molecule has 2 atom stereocenters. The van der Waals surface area contributed by atoms with Gasteiger partial charge in [-0.1, -0.05) is 30.3 Å². The third-order valence-corrected chi connectivity index (χ3v) is 6.66. The van der Waals surface area contributed by atoms with Crippen LogP contribution in [0.25, 0.3) is 0 Å². The van der Waals surface area contributed by atoms with E-state index in [4.69, 9.17) is 5.73 Å². The van der Waals surface area contributed by atoms with Crippen molar-refractivity contribution < 1.29 is 19.5 Å². The van der Waals surface area contributed by atoms with E-state index < -0.39 is 12.0 Å². The van der Waals surface area contributed by atoms with Gasteiger partial charge < -0.3 is 16.2 Å². The maximum absolute atomic E-state index is 12.2. The molecule has 3 heterocycles. The number of aliphatic carboxylic acids is 1. The predicted molar refractivity (Wildman–Crippen MR) is 100 cm³/mol. The summed E-state index contributed by atoms with van der Waals surface area (Å²) >= 11 is 2.67. The molecule has 2 aliphatic heterocycles. The van der Waals surface area contributed by atoms with Gasteiger partial charge in [0.1, 0.15) is 22.1 Å². The molecular weight excluding hydrogens is 392 g/mol. The summed E-state index contributed by atoms with van der Waals surface area (Å²) in [7, 11) is 0. The van der Waals surface area contributed by atoms with Gasteiger partial charge in [-0.05, 0) is 12.0 Å². The maximum Gasteiger partial charge on any atom is 0.352 e. The number of nitrogens with zero attached hydrogens (tertiary/aromatic N) is 3. The van der Waals surface area contributed by atoms with Gasteiger partial charge in [0.15, 0.2) is 5.69 Å². The third-order valence-electron chi connectivity index (χ3n) is 4.23. The van der Waals surface area contributed by atoms with Crippen LogP contribution in [0.4, 0.5) is 0 Å². The monoisotopic (exact) mass is 412 g/mol. The van der Waals surface area contributed by atoms with Crippen LogP contribution in [0.2, 0.25) is 0 Å². The summed E-state index contributed by atoms with van der Waals surface area (Å²) in [6.45, 7) is 2.58. The fourth-order valence-electron chi connectivity index (χ4n) is 2.78. The van der Waals surface area contributed by atoms with Crippen molar-refractivity contribution >= 4 is 41.3 Å². The Labute approximate surface area is 163 Å². The first-order valence-electron chi connectivity index (χ1n) is 8.43. The number of rotatable bonds is 8. The molecule has 3 rings (SSSR count). The Morgan fingerprint density at radius 3 is 3.00 bits per heavy atom. The van der Waals surface area contributed by atoms with Crippen molar-refractivity contribution in [3.63, 3.8) is 0 Å². The molecule has 0 aromatic carbocycles. The van der Waals surface area contributed by atoms with Gasteiger partial charge in [0.25, 0.3) is 5.91 Å². The van der Waals surface area contributed by atoms with E-state index in [1.807, 2.05) is 6.92 Å². The number of amides is 2. The molecule has 0 aliphatic carbocycles. The van der Waals surface area contributed by atoms with Crippen LogP contribution in [0, 0.1) is 0 Å². The van der Waals surface area contributed by atoms with Crippen LogP contribution >= 0.6 is 23.5 Å². The number of nitrogens with one attached hydrogen (secondary N) is 2. The highest BCUT2D eigenvalue weighted by atomic mass is 32.2. The zero-order valence-corrected chi connectivity index (χ0v) is 16.2. The number of unbranched alkanes of at least 4 members (excludes halogenated alkanes) is 1. The molecule has 1 saturated heterocycles. The number of aromatic amines is 1. The van der Waals surface area contributed by atoms with Crippen LogP contribution in [0.5, 0.6) is 0 Å². The second-order valence-corrected chi connectivity index (χ2v) is 8.17. The Kier molecular flexibility index (Phi) is 6.07. The number of carboxylic acid groups (broad SMARTS) is 1. The molecule has 1 unspecified atom stereocenters. The zero-order chi connectivity index (χ0) is 19.6. The Balaban J connectivity index is 1.71. The van der Waals surface area contributed by atoms with E-state index in [0.29, 0.717) is 28.6 Å². The molecule has 1 aromatic heterocycles. The molecule has 0 spiro atoms. The molecule has 27 heavy (non-hydrogen) atoms. The average Bonchev–Trinajstić information content (AvgIpc) is 3.13. The van der Waals surface area contributed by atoms with E-state index in [-0.39, 0.29) is 28.6 Å². The van der Waals surface area contributed by atoms with Crippen LogP contribution in [0.3, 0.4) is 0 Å². The molecule has 1 fully saturated rings. The summed E-state index contributed by atoms with van der Waals surface area (Å²) in [6, 6.07) is -0.659. The summed E-state index contributed by atoms with van der Waals surface area (Å²) in [5.41, 5.74) is 6.50.